The molecule has 2 heterocycles. The minimum Gasteiger partial charge on any atom is -0.349 e. The standard InChI is InChI=1S/C21H21F3N2O3S2/c22-14-1-4-20-16(11-14)19(7-10-30-20)25-21(27)13-5-8-26(9-6-13)31(28,29)15-2-3-17(23)18(24)12-15/h1-4,11-13,19H,5-10H2,(H,25,27)/t19-/m1/s1. The van der Waals surface area contributed by atoms with E-state index in [9.17, 15) is 26.4 Å². The number of carbonyl (C=O) groups is 1. The molecule has 10 heteroatoms. The van der Waals surface area contributed by atoms with Gasteiger partial charge in [-0.15, -0.1) is 11.8 Å². The largest absolute Gasteiger partial charge is 0.349 e. The summed E-state index contributed by atoms with van der Waals surface area (Å²) in [5, 5.41) is 2.99. The average molecular weight is 471 g/mol. The van der Waals surface area contributed by atoms with Crippen LogP contribution < -0.4 is 5.32 Å². The molecule has 2 aromatic rings. The van der Waals surface area contributed by atoms with Crippen LogP contribution in [0.5, 0.6) is 0 Å². The average Bonchev–Trinajstić information content (AvgIpc) is 2.76. The van der Waals surface area contributed by atoms with Crippen LogP contribution in [0.1, 0.15) is 30.9 Å². The van der Waals surface area contributed by atoms with E-state index in [1.54, 1.807) is 17.8 Å². The number of hydrogen-bond donors (Lipinski definition) is 1. The lowest BCUT2D eigenvalue weighted by Crippen LogP contribution is -2.44. The van der Waals surface area contributed by atoms with Crippen molar-refractivity contribution in [3.63, 3.8) is 0 Å². The van der Waals surface area contributed by atoms with E-state index in [0.717, 1.165) is 28.3 Å². The van der Waals surface area contributed by atoms with E-state index in [1.807, 2.05) is 0 Å². The molecule has 1 N–H and O–H groups in total. The van der Waals surface area contributed by atoms with Crippen LogP contribution in [0.25, 0.3) is 0 Å². The maximum atomic E-state index is 13.7. The van der Waals surface area contributed by atoms with Crippen molar-refractivity contribution < 1.29 is 26.4 Å². The number of benzene rings is 2. The Morgan fingerprint density at radius 1 is 1.00 bits per heavy atom. The van der Waals surface area contributed by atoms with Gasteiger partial charge in [0.05, 0.1) is 10.9 Å². The summed E-state index contributed by atoms with van der Waals surface area (Å²) in [5.41, 5.74) is 0.767. The molecule has 1 atom stereocenters. The lowest BCUT2D eigenvalue weighted by atomic mass is 9.95. The lowest BCUT2D eigenvalue weighted by Gasteiger charge is -2.32. The van der Waals surface area contributed by atoms with Gasteiger partial charge in [0, 0.05) is 29.7 Å². The van der Waals surface area contributed by atoms with E-state index < -0.39 is 21.7 Å². The van der Waals surface area contributed by atoms with Crippen molar-refractivity contribution in [1.82, 2.24) is 9.62 Å². The molecular weight excluding hydrogens is 449 g/mol. The number of nitrogens with one attached hydrogen (secondary N) is 1. The number of nitrogens with zero attached hydrogens (tertiary/aromatic N) is 1. The Bertz CT molecular complexity index is 1100. The van der Waals surface area contributed by atoms with Crippen LogP contribution in [0.4, 0.5) is 13.2 Å². The molecule has 0 radical (unpaired) electrons. The molecule has 1 saturated heterocycles. The summed E-state index contributed by atoms with van der Waals surface area (Å²) in [6.07, 6.45) is 1.31. The first kappa shape index (κ1) is 22.2. The normalized spacial score (nSPS) is 20.3. The van der Waals surface area contributed by atoms with Crippen LogP contribution in [0.2, 0.25) is 0 Å². The molecule has 1 amide bonds. The fourth-order valence-corrected chi connectivity index (χ4v) is 6.54. The van der Waals surface area contributed by atoms with Gasteiger partial charge in [-0.2, -0.15) is 4.31 Å². The summed E-state index contributed by atoms with van der Waals surface area (Å²) in [4.78, 5) is 13.4. The number of fused-ring (bicyclic) bond motifs is 1. The Hall–Kier alpha value is -2.04. The summed E-state index contributed by atoms with van der Waals surface area (Å²) >= 11 is 1.63. The van der Waals surface area contributed by atoms with Crippen molar-refractivity contribution in [2.75, 3.05) is 18.8 Å². The molecule has 0 aliphatic carbocycles. The molecular formula is C21H21F3N2O3S2. The predicted octanol–water partition coefficient (Wildman–Crippen LogP) is 3.86. The fraction of sp³-hybridized carbons (Fsp3) is 0.381. The third kappa shape index (κ3) is 4.61. The molecule has 4 rings (SSSR count). The lowest BCUT2D eigenvalue weighted by molar-refractivity contribution is -0.126. The summed E-state index contributed by atoms with van der Waals surface area (Å²) < 4.78 is 66.9. The number of piperidine rings is 1. The van der Waals surface area contributed by atoms with Crippen LogP contribution >= 0.6 is 11.8 Å². The smallest absolute Gasteiger partial charge is 0.243 e. The summed E-state index contributed by atoms with van der Waals surface area (Å²) in [6, 6.07) is 6.78. The van der Waals surface area contributed by atoms with E-state index in [-0.39, 0.29) is 41.7 Å². The Morgan fingerprint density at radius 3 is 2.45 bits per heavy atom. The molecule has 2 aliphatic rings. The van der Waals surface area contributed by atoms with Crippen molar-refractivity contribution >= 4 is 27.7 Å². The molecule has 0 saturated carbocycles. The highest BCUT2D eigenvalue weighted by molar-refractivity contribution is 7.99. The molecule has 31 heavy (non-hydrogen) atoms. The summed E-state index contributed by atoms with van der Waals surface area (Å²) in [5.74, 6) is -2.43. The first-order valence-electron chi connectivity index (χ1n) is 9.93. The molecule has 0 unspecified atom stereocenters. The Balaban J connectivity index is 1.40. The van der Waals surface area contributed by atoms with Crippen molar-refractivity contribution in [3.8, 4) is 0 Å². The molecule has 2 aromatic carbocycles. The number of sulfonamides is 1. The molecule has 0 aromatic heterocycles. The zero-order valence-corrected chi connectivity index (χ0v) is 18.1. The van der Waals surface area contributed by atoms with Crippen LogP contribution in [0.15, 0.2) is 46.2 Å². The SMILES string of the molecule is O=C(N[C@@H]1CCSc2ccc(F)cc21)C1CCN(S(=O)(=O)c2ccc(F)c(F)c2)CC1. The van der Waals surface area contributed by atoms with Gasteiger partial charge in [-0.3, -0.25) is 4.79 Å². The van der Waals surface area contributed by atoms with E-state index >= 15 is 0 Å². The fourth-order valence-electron chi connectivity index (χ4n) is 3.95. The van der Waals surface area contributed by atoms with Crippen LogP contribution in [-0.4, -0.2) is 37.5 Å². The van der Waals surface area contributed by atoms with Gasteiger partial charge in [-0.1, -0.05) is 0 Å². The molecule has 1 fully saturated rings. The topological polar surface area (TPSA) is 66.5 Å². The quantitative estimate of drug-likeness (QED) is 0.737. The molecule has 0 spiro atoms. The van der Waals surface area contributed by atoms with Gasteiger partial charge >= 0.3 is 0 Å². The first-order valence-corrected chi connectivity index (χ1v) is 12.4. The van der Waals surface area contributed by atoms with Gasteiger partial charge < -0.3 is 5.32 Å². The van der Waals surface area contributed by atoms with Crippen molar-refractivity contribution in [3.05, 3.63) is 59.4 Å². The molecule has 166 valence electrons. The predicted molar refractivity (Wildman–Crippen MR) is 110 cm³/mol. The Morgan fingerprint density at radius 2 is 1.74 bits per heavy atom. The zero-order valence-electron chi connectivity index (χ0n) is 16.5. The third-order valence-corrected chi connectivity index (χ3v) is 8.70. The molecule has 5 nitrogen and oxygen atoms in total. The number of amides is 1. The second-order valence-electron chi connectivity index (χ2n) is 7.63. The van der Waals surface area contributed by atoms with E-state index in [1.165, 1.54) is 16.4 Å². The highest BCUT2D eigenvalue weighted by Crippen LogP contribution is 2.37. The number of halogens is 3. The Labute approximate surface area is 183 Å². The first-order chi connectivity index (χ1) is 14.8. The van der Waals surface area contributed by atoms with Gasteiger partial charge in [-0.05, 0) is 61.2 Å². The van der Waals surface area contributed by atoms with Crippen LogP contribution in [0.3, 0.4) is 0 Å². The van der Waals surface area contributed by atoms with Gasteiger partial charge in [0.25, 0.3) is 0 Å². The summed E-state index contributed by atoms with van der Waals surface area (Å²) in [7, 11) is -3.97. The minimum absolute atomic E-state index is 0.102. The number of carbonyl (C=O) groups excluding carboxylic acids is 1. The second kappa shape index (κ2) is 8.84. The van der Waals surface area contributed by atoms with Crippen LogP contribution in [-0.2, 0) is 14.8 Å². The second-order valence-corrected chi connectivity index (χ2v) is 10.7. The van der Waals surface area contributed by atoms with Gasteiger partial charge in [-0.25, -0.2) is 21.6 Å². The highest BCUT2D eigenvalue weighted by atomic mass is 32.2. The third-order valence-electron chi connectivity index (χ3n) is 5.68. The Kier molecular flexibility index (Phi) is 6.32. The molecule has 2 aliphatic heterocycles. The van der Waals surface area contributed by atoms with Gasteiger partial charge in [0.15, 0.2) is 11.6 Å². The van der Waals surface area contributed by atoms with Crippen molar-refractivity contribution in [2.45, 2.75) is 35.1 Å². The zero-order chi connectivity index (χ0) is 22.2. The van der Waals surface area contributed by atoms with Gasteiger partial charge in [0.2, 0.25) is 15.9 Å². The number of hydrogen-bond acceptors (Lipinski definition) is 4. The van der Waals surface area contributed by atoms with E-state index in [4.69, 9.17) is 0 Å². The minimum atomic E-state index is -3.97. The van der Waals surface area contributed by atoms with E-state index in [0.29, 0.717) is 25.3 Å². The maximum absolute atomic E-state index is 13.7. The van der Waals surface area contributed by atoms with Crippen LogP contribution in [0, 0.1) is 23.4 Å². The monoisotopic (exact) mass is 470 g/mol. The maximum Gasteiger partial charge on any atom is 0.243 e. The molecule has 0 bridgehead atoms. The van der Waals surface area contributed by atoms with Crippen molar-refractivity contribution in [2.24, 2.45) is 5.92 Å². The highest BCUT2D eigenvalue weighted by Gasteiger charge is 2.34. The number of thioether (sulfide) groups is 1. The van der Waals surface area contributed by atoms with Gasteiger partial charge in [0.1, 0.15) is 5.82 Å². The van der Waals surface area contributed by atoms with E-state index in [2.05, 4.69) is 5.32 Å². The number of rotatable bonds is 4. The summed E-state index contributed by atoms with van der Waals surface area (Å²) in [6.45, 7) is 0.205. The van der Waals surface area contributed by atoms with Crippen molar-refractivity contribution in [1.29, 1.82) is 0 Å².